The molecular weight excluding hydrogens is 442 g/mol. The van der Waals surface area contributed by atoms with E-state index in [1.54, 1.807) is 48.8 Å². The van der Waals surface area contributed by atoms with E-state index in [4.69, 9.17) is 13.9 Å². The second kappa shape index (κ2) is 7.72. The Bertz CT molecular complexity index is 1540. The van der Waals surface area contributed by atoms with E-state index in [0.29, 0.717) is 33.1 Å². The summed E-state index contributed by atoms with van der Waals surface area (Å²) in [5.41, 5.74) is 1.13. The molecule has 33 heavy (non-hydrogen) atoms. The number of hydrogen-bond donors (Lipinski definition) is 0. The number of amides is 1. The SMILES string of the molecule is O=C(c1cc2ccccc2oc1=O)N(Cc1cccnc1)c1nc2cc3c(cc2s1)OCO3. The molecule has 0 saturated heterocycles. The summed E-state index contributed by atoms with van der Waals surface area (Å²) >= 11 is 1.33. The van der Waals surface area contributed by atoms with Gasteiger partial charge in [-0.1, -0.05) is 35.6 Å². The molecule has 3 aromatic heterocycles. The van der Waals surface area contributed by atoms with E-state index in [9.17, 15) is 9.59 Å². The number of benzene rings is 2. The topological polar surface area (TPSA) is 94.8 Å². The molecule has 0 unspecified atom stereocenters. The summed E-state index contributed by atoms with van der Waals surface area (Å²) in [5, 5.41) is 1.10. The fourth-order valence-electron chi connectivity index (χ4n) is 3.68. The molecule has 0 spiro atoms. The molecular formula is C24H15N3O5S. The van der Waals surface area contributed by atoms with Gasteiger partial charge in [0.25, 0.3) is 5.91 Å². The molecule has 0 fully saturated rings. The predicted molar refractivity (Wildman–Crippen MR) is 123 cm³/mol. The highest BCUT2D eigenvalue weighted by molar-refractivity contribution is 7.22. The number of carbonyl (C=O) groups excluding carboxylic acids is 1. The Morgan fingerprint density at radius 3 is 2.76 bits per heavy atom. The number of para-hydroxylation sites is 1. The van der Waals surface area contributed by atoms with Gasteiger partial charge in [-0.2, -0.15) is 0 Å². The summed E-state index contributed by atoms with van der Waals surface area (Å²) in [4.78, 5) is 36.6. The first-order valence-corrected chi connectivity index (χ1v) is 10.9. The minimum atomic E-state index is -0.697. The van der Waals surface area contributed by atoms with Crippen LogP contribution in [-0.2, 0) is 6.54 Å². The van der Waals surface area contributed by atoms with E-state index < -0.39 is 11.5 Å². The van der Waals surface area contributed by atoms with Crippen LogP contribution < -0.4 is 20.0 Å². The largest absolute Gasteiger partial charge is 0.454 e. The van der Waals surface area contributed by atoms with Gasteiger partial charge >= 0.3 is 5.63 Å². The van der Waals surface area contributed by atoms with Gasteiger partial charge in [-0.25, -0.2) is 9.78 Å². The van der Waals surface area contributed by atoms with E-state index in [2.05, 4.69) is 9.97 Å². The lowest BCUT2D eigenvalue weighted by Crippen LogP contribution is -2.33. The fraction of sp³-hybridized carbons (Fsp3) is 0.0833. The van der Waals surface area contributed by atoms with Gasteiger partial charge in [-0.05, 0) is 23.8 Å². The van der Waals surface area contributed by atoms with Crippen molar-refractivity contribution in [2.75, 3.05) is 11.7 Å². The van der Waals surface area contributed by atoms with Gasteiger partial charge in [0.2, 0.25) is 6.79 Å². The van der Waals surface area contributed by atoms with Gasteiger partial charge < -0.3 is 13.9 Å². The third kappa shape index (κ3) is 3.48. The van der Waals surface area contributed by atoms with E-state index in [-0.39, 0.29) is 18.9 Å². The Morgan fingerprint density at radius 1 is 1.06 bits per heavy atom. The molecule has 2 aromatic carbocycles. The summed E-state index contributed by atoms with van der Waals surface area (Å²) in [6, 6.07) is 15.9. The third-order valence-corrected chi connectivity index (χ3v) is 6.32. The van der Waals surface area contributed by atoms with E-state index >= 15 is 0 Å². The molecule has 0 aliphatic carbocycles. The van der Waals surface area contributed by atoms with Gasteiger partial charge in [-0.15, -0.1) is 0 Å². The van der Waals surface area contributed by atoms with Gasteiger partial charge in [0.05, 0.1) is 16.8 Å². The van der Waals surface area contributed by atoms with Crippen LogP contribution in [0.25, 0.3) is 21.2 Å². The smallest absolute Gasteiger partial charge is 0.349 e. The Morgan fingerprint density at radius 2 is 1.91 bits per heavy atom. The second-order valence-corrected chi connectivity index (χ2v) is 8.42. The number of carbonyl (C=O) groups is 1. The molecule has 1 amide bonds. The number of ether oxygens (including phenoxy) is 2. The van der Waals surface area contributed by atoms with Crippen molar-refractivity contribution in [3.05, 3.63) is 88.5 Å². The average molecular weight is 457 g/mol. The highest BCUT2D eigenvalue weighted by Gasteiger charge is 2.26. The van der Waals surface area contributed by atoms with Crippen molar-refractivity contribution in [1.29, 1.82) is 0 Å². The molecule has 8 nitrogen and oxygen atoms in total. The molecule has 0 bridgehead atoms. The van der Waals surface area contributed by atoms with Crippen LogP contribution in [0.5, 0.6) is 11.5 Å². The van der Waals surface area contributed by atoms with Crippen LogP contribution in [0.4, 0.5) is 5.13 Å². The number of rotatable bonds is 4. The van der Waals surface area contributed by atoms with Crippen LogP contribution in [0, 0.1) is 0 Å². The zero-order valence-corrected chi connectivity index (χ0v) is 17.9. The van der Waals surface area contributed by atoms with Crippen LogP contribution in [0.1, 0.15) is 15.9 Å². The number of pyridine rings is 1. The van der Waals surface area contributed by atoms with Crippen molar-refractivity contribution < 1.29 is 18.7 Å². The minimum absolute atomic E-state index is 0.0639. The number of hydrogen-bond acceptors (Lipinski definition) is 8. The molecule has 5 aromatic rings. The lowest BCUT2D eigenvalue weighted by Gasteiger charge is -2.19. The number of nitrogens with zero attached hydrogens (tertiary/aromatic N) is 3. The summed E-state index contributed by atoms with van der Waals surface area (Å²) in [6.45, 7) is 0.355. The van der Waals surface area contributed by atoms with Crippen LogP contribution >= 0.6 is 11.3 Å². The first kappa shape index (κ1) is 19.4. The fourth-order valence-corrected chi connectivity index (χ4v) is 4.65. The maximum atomic E-state index is 13.7. The monoisotopic (exact) mass is 457 g/mol. The van der Waals surface area contributed by atoms with Crippen molar-refractivity contribution in [2.45, 2.75) is 6.54 Å². The Hall–Kier alpha value is -4.24. The van der Waals surface area contributed by atoms with Crippen LogP contribution in [-0.4, -0.2) is 22.7 Å². The quantitative estimate of drug-likeness (QED) is 0.370. The maximum Gasteiger partial charge on any atom is 0.349 e. The molecule has 6 rings (SSSR count). The van der Waals surface area contributed by atoms with E-state index in [1.807, 2.05) is 18.2 Å². The lowest BCUT2D eigenvalue weighted by molar-refractivity contribution is 0.0981. The Balaban J connectivity index is 1.47. The molecule has 9 heteroatoms. The highest BCUT2D eigenvalue weighted by atomic mass is 32.1. The average Bonchev–Trinajstić information content (AvgIpc) is 3.46. The van der Waals surface area contributed by atoms with Crippen LogP contribution in [0.15, 0.2) is 76.2 Å². The van der Waals surface area contributed by atoms with E-state index in [1.165, 1.54) is 16.2 Å². The standard InChI is InChI=1S/C24H15N3O5S/c28-22(16-8-15-5-1-2-6-18(15)32-23(16)29)27(12-14-4-3-7-25-11-14)24-26-17-9-19-20(31-13-30-19)10-21(17)33-24/h1-11H,12-13H2. The van der Waals surface area contributed by atoms with Crippen molar-refractivity contribution in [2.24, 2.45) is 0 Å². The number of anilines is 1. The summed E-state index contributed by atoms with van der Waals surface area (Å²) in [5.74, 6) is 0.745. The highest BCUT2D eigenvalue weighted by Crippen LogP contribution is 2.40. The summed E-state index contributed by atoms with van der Waals surface area (Å²) < 4.78 is 17.1. The van der Waals surface area contributed by atoms with Gasteiger partial charge in [0.1, 0.15) is 11.1 Å². The summed E-state index contributed by atoms with van der Waals surface area (Å²) in [7, 11) is 0. The predicted octanol–water partition coefficient (Wildman–Crippen LogP) is 4.37. The normalized spacial score (nSPS) is 12.4. The first-order chi connectivity index (χ1) is 16.2. The molecule has 0 N–H and O–H groups in total. The number of aromatic nitrogens is 2. The molecule has 4 heterocycles. The zero-order valence-electron chi connectivity index (χ0n) is 17.1. The van der Waals surface area contributed by atoms with Crippen molar-refractivity contribution >= 4 is 43.6 Å². The second-order valence-electron chi connectivity index (χ2n) is 7.41. The van der Waals surface area contributed by atoms with Gasteiger partial charge in [0, 0.05) is 29.9 Å². The number of thiazole rings is 1. The Kier molecular flexibility index (Phi) is 4.55. The minimum Gasteiger partial charge on any atom is -0.454 e. The van der Waals surface area contributed by atoms with Crippen molar-refractivity contribution in [1.82, 2.24) is 9.97 Å². The van der Waals surface area contributed by atoms with Crippen LogP contribution in [0.2, 0.25) is 0 Å². The van der Waals surface area contributed by atoms with Crippen molar-refractivity contribution in [3.63, 3.8) is 0 Å². The zero-order chi connectivity index (χ0) is 22.4. The maximum absolute atomic E-state index is 13.7. The Labute approximate surface area is 190 Å². The molecule has 0 saturated carbocycles. The molecule has 162 valence electrons. The first-order valence-electron chi connectivity index (χ1n) is 10.1. The summed E-state index contributed by atoms with van der Waals surface area (Å²) in [6.07, 6.45) is 3.33. The van der Waals surface area contributed by atoms with Crippen LogP contribution in [0.3, 0.4) is 0 Å². The molecule has 0 radical (unpaired) electrons. The number of fused-ring (bicyclic) bond motifs is 3. The van der Waals surface area contributed by atoms with E-state index in [0.717, 1.165) is 10.3 Å². The molecule has 1 aliphatic rings. The third-order valence-electron chi connectivity index (χ3n) is 5.28. The van der Waals surface area contributed by atoms with Gasteiger partial charge in [-0.3, -0.25) is 14.7 Å². The molecule has 0 atom stereocenters. The lowest BCUT2D eigenvalue weighted by atomic mass is 10.1. The molecule has 1 aliphatic heterocycles. The van der Waals surface area contributed by atoms with Gasteiger partial charge in [0.15, 0.2) is 16.6 Å². The van der Waals surface area contributed by atoms with Crippen molar-refractivity contribution in [3.8, 4) is 11.5 Å².